The van der Waals surface area contributed by atoms with Crippen molar-refractivity contribution in [2.45, 2.75) is 13.0 Å². The maximum atomic E-state index is 6.07. The molecule has 0 atom stereocenters. The molecule has 5 heteroatoms. The van der Waals surface area contributed by atoms with Gasteiger partial charge in [0.25, 0.3) is 0 Å². The highest BCUT2D eigenvalue weighted by atomic mass is 35.5. The Morgan fingerprint density at radius 3 is 2.44 bits per heavy atom. The largest absolute Gasteiger partial charge is 0.393 e. The van der Waals surface area contributed by atoms with Crippen LogP contribution in [0, 0.1) is 0 Å². The van der Waals surface area contributed by atoms with Crippen molar-refractivity contribution in [3.05, 3.63) is 33.8 Å². The summed E-state index contributed by atoms with van der Waals surface area (Å²) in [5, 5.41) is 1.38. The molecular formula is C11H14Cl2N2S. The standard InChI is InChI=1S/C11H14Cl2N2S/c1-15(6-5-11(14)16)7-8-9(12)3-2-4-10(8)13/h2-4H,5-7H2,1H3,(H2,14,16). The van der Waals surface area contributed by atoms with E-state index in [9.17, 15) is 0 Å². The van der Waals surface area contributed by atoms with Crippen molar-refractivity contribution in [3.8, 4) is 0 Å². The number of nitrogens with zero attached hydrogens (tertiary/aromatic N) is 1. The monoisotopic (exact) mass is 276 g/mol. The fraction of sp³-hybridized carbons (Fsp3) is 0.364. The van der Waals surface area contributed by atoms with Crippen LogP contribution in [0.1, 0.15) is 12.0 Å². The van der Waals surface area contributed by atoms with Crippen molar-refractivity contribution in [3.63, 3.8) is 0 Å². The summed E-state index contributed by atoms with van der Waals surface area (Å²) in [6, 6.07) is 5.51. The first-order valence-corrected chi connectivity index (χ1v) is 6.07. The fourth-order valence-electron chi connectivity index (χ4n) is 1.33. The Kier molecular flexibility index (Phi) is 5.49. The number of halogens is 2. The predicted octanol–water partition coefficient (Wildman–Crippen LogP) is 3.10. The lowest BCUT2D eigenvalue weighted by atomic mass is 10.2. The van der Waals surface area contributed by atoms with E-state index in [1.807, 2.05) is 25.2 Å². The zero-order valence-electron chi connectivity index (χ0n) is 9.04. The Bertz CT molecular complexity index is 362. The molecule has 0 aliphatic carbocycles. The van der Waals surface area contributed by atoms with Crippen LogP contribution >= 0.6 is 35.4 Å². The van der Waals surface area contributed by atoms with Gasteiger partial charge in [0.1, 0.15) is 0 Å². The first kappa shape index (κ1) is 13.7. The van der Waals surface area contributed by atoms with Crippen LogP contribution in [0.4, 0.5) is 0 Å². The van der Waals surface area contributed by atoms with Crippen LogP contribution < -0.4 is 5.73 Å². The van der Waals surface area contributed by atoms with Crippen molar-refractivity contribution in [2.75, 3.05) is 13.6 Å². The Morgan fingerprint density at radius 1 is 1.38 bits per heavy atom. The normalized spacial score (nSPS) is 10.8. The zero-order chi connectivity index (χ0) is 12.1. The van der Waals surface area contributed by atoms with Crippen LogP contribution in [-0.4, -0.2) is 23.5 Å². The van der Waals surface area contributed by atoms with Gasteiger partial charge in [0.05, 0.1) is 4.99 Å². The molecule has 2 N–H and O–H groups in total. The molecule has 0 aliphatic heterocycles. The summed E-state index contributed by atoms with van der Waals surface area (Å²) in [5.74, 6) is 0. The van der Waals surface area contributed by atoms with Gasteiger partial charge in [0.2, 0.25) is 0 Å². The van der Waals surface area contributed by atoms with Crippen molar-refractivity contribution >= 4 is 40.4 Å². The molecule has 0 unspecified atom stereocenters. The van der Waals surface area contributed by atoms with Gasteiger partial charge >= 0.3 is 0 Å². The van der Waals surface area contributed by atoms with E-state index < -0.39 is 0 Å². The molecule has 0 spiro atoms. The van der Waals surface area contributed by atoms with Crippen LogP contribution in [0.5, 0.6) is 0 Å². The second-order valence-electron chi connectivity index (χ2n) is 3.65. The molecule has 1 aromatic carbocycles. The third-order valence-corrected chi connectivity index (χ3v) is 3.14. The minimum Gasteiger partial charge on any atom is -0.393 e. The zero-order valence-corrected chi connectivity index (χ0v) is 11.4. The first-order valence-electron chi connectivity index (χ1n) is 4.90. The van der Waals surface area contributed by atoms with Gasteiger partial charge in [-0.25, -0.2) is 0 Å². The summed E-state index contributed by atoms with van der Waals surface area (Å²) in [6.45, 7) is 1.50. The number of hydrogen-bond donors (Lipinski definition) is 1. The lowest BCUT2D eigenvalue weighted by Gasteiger charge is -2.17. The minimum absolute atomic E-state index is 0.525. The van der Waals surface area contributed by atoms with E-state index in [-0.39, 0.29) is 0 Å². The average Bonchev–Trinajstić information content (AvgIpc) is 2.21. The van der Waals surface area contributed by atoms with E-state index in [2.05, 4.69) is 4.90 Å². The number of benzene rings is 1. The molecule has 88 valence electrons. The molecule has 0 radical (unpaired) electrons. The molecule has 1 rings (SSSR count). The van der Waals surface area contributed by atoms with Crippen LogP contribution in [0.25, 0.3) is 0 Å². The van der Waals surface area contributed by atoms with E-state index >= 15 is 0 Å². The fourth-order valence-corrected chi connectivity index (χ4v) is 1.94. The minimum atomic E-state index is 0.525. The highest BCUT2D eigenvalue weighted by Crippen LogP contribution is 2.25. The SMILES string of the molecule is CN(CCC(N)=S)Cc1c(Cl)cccc1Cl. The summed E-state index contributed by atoms with van der Waals surface area (Å²) in [7, 11) is 1.98. The Hall–Kier alpha value is -0.350. The number of hydrogen-bond acceptors (Lipinski definition) is 2. The molecule has 0 saturated heterocycles. The summed E-state index contributed by atoms with van der Waals surface area (Å²) < 4.78 is 0. The lowest BCUT2D eigenvalue weighted by molar-refractivity contribution is 0.337. The number of rotatable bonds is 5. The van der Waals surface area contributed by atoms with Crippen LogP contribution in [0.3, 0.4) is 0 Å². The third kappa shape index (κ3) is 4.26. The van der Waals surface area contributed by atoms with Gasteiger partial charge in [-0.05, 0) is 19.2 Å². The van der Waals surface area contributed by atoms with E-state index in [0.29, 0.717) is 28.0 Å². The number of nitrogens with two attached hydrogens (primary N) is 1. The molecule has 0 heterocycles. The topological polar surface area (TPSA) is 29.3 Å². The van der Waals surface area contributed by atoms with Gasteiger partial charge in [0, 0.05) is 35.1 Å². The molecule has 0 fully saturated rings. The Balaban J connectivity index is 2.62. The maximum Gasteiger partial charge on any atom is 0.0740 e. The van der Waals surface area contributed by atoms with Crippen molar-refractivity contribution in [2.24, 2.45) is 5.73 Å². The lowest BCUT2D eigenvalue weighted by Crippen LogP contribution is -2.23. The molecule has 0 aliphatic rings. The van der Waals surface area contributed by atoms with Crippen LogP contribution in [0.2, 0.25) is 10.0 Å². The van der Waals surface area contributed by atoms with Crippen LogP contribution in [0.15, 0.2) is 18.2 Å². The Morgan fingerprint density at radius 2 is 1.94 bits per heavy atom. The van der Waals surface area contributed by atoms with Gasteiger partial charge in [-0.3, -0.25) is 0 Å². The quantitative estimate of drug-likeness (QED) is 0.838. The molecule has 16 heavy (non-hydrogen) atoms. The van der Waals surface area contributed by atoms with Crippen molar-refractivity contribution in [1.82, 2.24) is 4.90 Å². The molecule has 1 aromatic rings. The molecule has 0 saturated carbocycles. The predicted molar refractivity (Wildman–Crippen MR) is 74.2 cm³/mol. The average molecular weight is 277 g/mol. The van der Waals surface area contributed by atoms with E-state index in [0.717, 1.165) is 12.1 Å². The van der Waals surface area contributed by atoms with Crippen molar-refractivity contribution < 1.29 is 0 Å². The van der Waals surface area contributed by atoms with Gasteiger partial charge in [0.15, 0.2) is 0 Å². The van der Waals surface area contributed by atoms with Gasteiger partial charge < -0.3 is 10.6 Å². The number of thiocarbonyl (C=S) groups is 1. The van der Waals surface area contributed by atoms with E-state index in [1.54, 1.807) is 0 Å². The highest BCUT2D eigenvalue weighted by Gasteiger charge is 2.08. The second kappa shape index (κ2) is 6.40. The molecule has 0 aromatic heterocycles. The van der Waals surface area contributed by atoms with E-state index in [1.165, 1.54) is 0 Å². The smallest absolute Gasteiger partial charge is 0.0740 e. The molecule has 2 nitrogen and oxygen atoms in total. The molecule has 0 amide bonds. The van der Waals surface area contributed by atoms with Gasteiger partial charge in [-0.2, -0.15) is 0 Å². The van der Waals surface area contributed by atoms with Crippen LogP contribution in [-0.2, 0) is 6.54 Å². The highest BCUT2D eigenvalue weighted by molar-refractivity contribution is 7.80. The van der Waals surface area contributed by atoms with Gasteiger partial charge in [-0.15, -0.1) is 0 Å². The Labute approximate surface area is 111 Å². The first-order chi connectivity index (χ1) is 7.50. The summed E-state index contributed by atoms with van der Waals surface area (Å²) in [5.41, 5.74) is 6.39. The van der Waals surface area contributed by atoms with Gasteiger partial charge in [-0.1, -0.05) is 41.5 Å². The molecule has 0 bridgehead atoms. The third-order valence-electron chi connectivity index (χ3n) is 2.23. The van der Waals surface area contributed by atoms with Crippen molar-refractivity contribution in [1.29, 1.82) is 0 Å². The maximum absolute atomic E-state index is 6.07. The molecular weight excluding hydrogens is 263 g/mol. The summed E-state index contributed by atoms with van der Waals surface area (Å²) >= 11 is 17.0. The summed E-state index contributed by atoms with van der Waals surface area (Å²) in [4.78, 5) is 2.61. The summed E-state index contributed by atoms with van der Waals surface area (Å²) in [6.07, 6.45) is 0.702. The van der Waals surface area contributed by atoms with E-state index in [4.69, 9.17) is 41.2 Å². The second-order valence-corrected chi connectivity index (χ2v) is 4.99.